The first-order valence-corrected chi connectivity index (χ1v) is 9.06. The summed E-state index contributed by atoms with van der Waals surface area (Å²) >= 11 is 0. The summed E-state index contributed by atoms with van der Waals surface area (Å²) < 4.78 is 5.18. The molecule has 0 aliphatic rings. The lowest BCUT2D eigenvalue weighted by atomic mass is 9.87. The fraction of sp³-hybridized carbons (Fsp3) is 0.348. The lowest BCUT2D eigenvalue weighted by Gasteiger charge is -2.18. The highest BCUT2D eigenvalue weighted by molar-refractivity contribution is 5.92. The minimum absolute atomic E-state index is 0.0127. The molecule has 2 rings (SSSR count). The Bertz CT molecular complexity index is 737. The monoisotopic (exact) mass is 351 g/mol. The summed E-state index contributed by atoms with van der Waals surface area (Å²) in [5.74, 6) is 0.723. The number of methoxy groups -OCH3 is 1. The van der Waals surface area contributed by atoms with Gasteiger partial charge in [0.05, 0.1) is 13.2 Å². The second-order valence-corrected chi connectivity index (χ2v) is 7.45. The number of carbonyl (C=O) groups excluding carboxylic acids is 1. The van der Waals surface area contributed by atoms with Crippen LogP contribution in [0.3, 0.4) is 0 Å². The quantitative estimate of drug-likeness (QED) is 0.720. The molecule has 26 heavy (non-hydrogen) atoms. The van der Waals surface area contributed by atoms with Gasteiger partial charge < -0.3 is 10.1 Å². The molecule has 0 aliphatic carbocycles. The lowest BCUT2D eigenvalue weighted by molar-refractivity contribution is -0.117. The van der Waals surface area contributed by atoms with Crippen molar-refractivity contribution in [1.29, 1.82) is 0 Å². The SMILES string of the molecule is CC[C@@H](NC(=O)/C=C/c1ccc(C(C)(C)C)cc1)c1ccc(OC)cc1. The van der Waals surface area contributed by atoms with Gasteiger partial charge in [-0.15, -0.1) is 0 Å². The van der Waals surface area contributed by atoms with Crippen LogP contribution in [0.4, 0.5) is 0 Å². The summed E-state index contributed by atoms with van der Waals surface area (Å²) in [6.07, 6.45) is 4.27. The zero-order valence-corrected chi connectivity index (χ0v) is 16.4. The molecule has 0 aromatic heterocycles. The fourth-order valence-corrected chi connectivity index (χ4v) is 2.74. The summed E-state index contributed by atoms with van der Waals surface area (Å²) in [4.78, 5) is 12.3. The minimum atomic E-state index is -0.0902. The van der Waals surface area contributed by atoms with E-state index in [1.54, 1.807) is 13.2 Å². The van der Waals surface area contributed by atoms with Crippen molar-refractivity contribution in [2.75, 3.05) is 7.11 Å². The molecule has 2 aromatic carbocycles. The third-order valence-corrected chi connectivity index (χ3v) is 4.45. The van der Waals surface area contributed by atoms with Gasteiger partial charge in [0.2, 0.25) is 5.91 Å². The molecule has 0 radical (unpaired) electrons. The van der Waals surface area contributed by atoms with Crippen LogP contribution in [0.5, 0.6) is 5.75 Å². The highest BCUT2D eigenvalue weighted by atomic mass is 16.5. The summed E-state index contributed by atoms with van der Waals surface area (Å²) in [7, 11) is 1.65. The van der Waals surface area contributed by atoms with E-state index in [9.17, 15) is 4.79 Å². The molecule has 0 saturated heterocycles. The van der Waals surface area contributed by atoms with Gasteiger partial charge in [0.15, 0.2) is 0 Å². The maximum absolute atomic E-state index is 12.3. The topological polar surface area (TPSA) is 38.3 Å². The van der Waals surface area contributed by atoms with Crippen LogP contribution in [0.25, 0.3) is 6.08 Å². The Morgan fingerprint density at radius 2 is 1.69 bits per heavy atom. The molecule has 1 atom stereocenters. The molecule has 0 unspecified atom stereocenters. The van der Waals surface area contributed by atoms with Crippen molar-refractivity contribution >= 4 is 12.0 Å². The summed E-state index contributed by atoms with van der Waals surface area (Å²) in [5.41, 5.74) is 3.51. The van der Waals surface area contributed by atoms with Gasteiger partial charge >= 0.3 is 0 Å². The Morgan fingerprint density at radius 1 is 1.08 bits per heavy atom. The Labute approximate surface area is 157 Å². The van der Waals surface area contributed by atoms with Crippen LogP contribution in [0.1, 0.15) is 56.8 Å². The van der Waals surface area contributed by atoms with Crippen LogP contribution in [-0.2, 0) is 10.2 Å². The molecule has 138 valence electrons. The molecular weight excluding hydrogens is 322 g/mol. The Balaban J connectivity index is 2.00. The van der Waals surface area contributed by atoms with Crippen LogP contribution in [0, 0.1) is 0 Å². The van der Waals surface area contributed by atoms with Gasteiger partial charge in [0, 0.05) is 6.08 Å². The number of nitrogens with one attached hydrogen (secondary N) is 1. The average molecular weight is 351 g/mol. The maximum atomic E-state index is 12.3. The van der Waals surface area contributed by atoms with Crippen molar-refractivity contribution in [2.45, 2.75) is 45.6 Å². The van der Waals surface area contributed by atoms with Crippen LogP contribution >= 0.6 is 0 Å². The van der Waals surface area contributed by atoms with Crippen LogP contribution in [-0.4, -0.2) is 13.0 Å². The molecule has 2 aromatic rings. The smallest absolute Gasteiger partial charge is 0.244 e. The van der Waals surface area contributed by atoms with Crippen molar-refractivity contribution in [2.24, 2.45) is 0 Å². The number of amides is 1. The van der Waals surface area contributed by atoms with E-state index in [1.165, 1.54) is 5.56 Å². The van der Waals surface area contributed by atoms with Crippen molar-refractivity contribution < 1.29 is 9.53 Å². The normalized spacial score (nSPS) is 12.8. The first-order valence-electron chi connectivity index (χ1n) is 9.06. The molecular formula is C23H29NO2. The molecule has 0 fully saturated rings. The number of benzene rings is 2. The molecule has 0 saturated carbocycles. The maximum Gasteiger partial charge on any atom is 0.244 e. The molecule has 0 aliphatic heterocycles. The molecule has 0 heterocycles. The molecule has 0 bridgehead atoms. The fourth-order valence-electron chi connectivity index (χ4n) is 2.74. The Kier molecular flexibility index (Phi) is 6.62. The zero-order chi connectivity index (χ0) is 19.2. The average Bonchev–Trinajstić information content (AvgIpc) is 2.64. The van der Waals surface area contributed by atoms with Gasteiger partial charge in [-0.1, -0.05) is 64.1 Å². The lowest BCUT2D eigenvalue weighted by Crippen LogP contribution is -2.26. The van der Waals surface area contributed by atoms with E-state index < -0.39 is 0 Å². The molecule has 3 nitrogen and oxygen atoms in total. The standard InChI is InChI=1S/C23H29NO2/c1-6-21(18-10-14-20(26-5)15-11-18)24-22(25)16-9-17-7-12-19(13-8-17)23(2,3)4/h7-16,21H,6H2,1-5H3,(H,24,25)/b16-9+/t21-/m1/s1. The number of carbonyl (C=O) groups is 1. The van der Waals surface area contributed by atoms with Crippen molar-refractivity contribution in [3.63, 3.8) is 0 Å². The van der Waals surface area contributed by atoms with Crippen molar-refractivity contribution in [3.8, 4) is 5.75 Å². The van der Waals surface area contributed by atoms with E-state index in [-0.39, 0.29) is 17.4 Å². The molecule has 0 spiro atoms. The largest absolute Gasteiger partial charge is 0.497 e. The summed E-state index contributed by atoms with van der Waals surface area (Å²) in [5, 5.41) is 3.06. The van der Waals surface area contributed by atoms with E-state index in [4.69, 9.17) is 4.74 Å². The van der Waals surface area contributed by atoms with Gasteiger partial charge in [0.25, 0.3) is 0 Å². The number of hydrogen-bond acceptors (Lipinski definition) is 2. The van der Waals surface area contributed by atoms with Gasteiger partial charge in [-0.2, -0.15) is 0 Å². The van der Waals surface area contributed by atoms with Crippen LogP contribution in [0.15, 0.2) is 54.6 Å². The first-order chi connectivity index (χ1) is 12.3. The van der Waals surface area contributed by atoms with Gasteiger partial charge in [-0.25, -0.2) is 0 Å². The Hall–Kier alpha value is -2.55. The van der Waals surface area contributed by atoms with Crippen molar-refractivity contribution in [3.05, 3.63) is 71.3 Å². The van der Waals surface area contributed by atoms with E-state index >= 15 is 0 Å². The minimum Gasteiger partial charge on any atom is -0.497 e. The highest BCUT2D eigenvalue weighted by Crippen LogP contribution is 2.23. The second kappa shape index (κ2) is 8.70. The number of rotatable bonds is 6. The predicted molar refractivity (Wildman–Crippen MR) is 108 cm³/mol. The van der Waals surface area contributed by atoms with Gasteiger partial charge in [0.1, 0.15) is 5.75 Å². The number of ether oxygens (including phenoxy) is 1. The van der Waals surface area contributed by atoms with E-state index in [1.807, 2.05) is 42.5 Å². The summed E-state index contributed by atoms with van der Waals surface area (Å²) in [6, 6.07) is 16.1. The van der Waals surface area contributed by atoms with E-state index in [0.717, 1.165) is 23.3 Å². The van der Waals surface area contributed by atoms with Gasteiger partial charge in [-0.05, 0) is 46.7 Å². The molecule has 1 N–H and O–H groups in total. The van der Waals surface area contributed by atoms with Crippen LogP contribution < -0.4 is 10.1 Å². The summed E-state index contributed by atoms with van der Waals surface area (Å²) in [6.45, 7) is 8.63. The first kappa shape index (κ1) is 19.8. The van der Waals surface area contributed by atoms with E-state index in [0.29, 0.717) is 0 Å². The predicted octanol–water partition coefficient (Wildman–Crippen LogP) is 5.27. The zero-order valence-electron chi connectivity index (χ0n) is 16.4. The van der Waals surface area contributed by atoms with Crippen LogP contribution in [0.2, 0.25) is 0 Å². The van der Waals surface area contributed by atoms with E-state index in [2.05, 4.69) is 45.1 Å². The third-order valence-electron chi connectivity index (χ3n) is 4.45. The molecule has 1 amide bonds. The van der Waals surface area contributed by atoms with Crippen molar-refractivity contribution in [1.82, 2.24) is 5.32 Å². The molecule has 3 heteroatoms. The Morgan fingerprint density at radius 3 is 2.19 bits per heavy atom. The second-order valence-electron chi connectivity index (χ2n) is 7.45. The van der Waals surface area contributed by atoms with Gasteiger partial charge in [-0.3, -0.25) is 4.79 Å². The number of hydrogen-bond donors (Lipinski definition) is 1. The highest BCUT2D eigenvalue weighted by Gasteiger charge is 2.13. The third kappa shape index (κ3) is 5.48.